The Hall–Kier alpha value is -3.79. The van der Waals surface area contributed by atoms with Crippen LogP contribution in [0.3, 0.4) is 0 Å². The Morgan fingerprint density at radius 3 is 1.19 bits per heavy atom. The average molecular weight is 936 g/mol. The predicted octanol–water partition coefficient (Wildman–Crippen LogP) is 13.7. The highest BCUT2D eigenvalue weighted by Gasteiger charge is 2.22. The van der Waals surface area contributed by atoms with Gasteiger partial charge in [-0.05, 0) is 89.9 Å². The molecule has 2 atom stereocenters. The zero-order valence-corrected chi connectivity index (χ0v) is 43.2. The van der Waals surface area contributed by atoms with Crippen LogP contribution in [0.4, 0.5) is 0 Å². The first-order valence-corrected chi connectivity index (χ1v) is 26.4. The van der Waals surface area contributed by atoms with Gasteiger partial charge in [0.15, 0.2) is 12.4 Å². The predicted molar refractivity (Wildman–Crippen MR) is 278 cm³/mol. The van der Waals surface area contributed by atoms with Crippen molar-refractivity contribution in [1.29, 1.82) is 0 Å². The monoisotopic (exact) mass is 936 g/mol. The van der Waals surface area contributed by atoms with Gasteiger partial charge in [0.25, 0.3) is 0 Å². The summed E-state index contributed by atoms with van der Waals surface area (Å²) in [5, 5.41) is 11.7. The van der Waals surface area contributed by atoms with E-state index in [-0.39, 0.29) is 38.6 Å². The summed E-state index contributed by atoms with van der Waals surface area (Å²) in [6.07, 6.45) is 61.6. The fraction of sp³-hybridized carbons (Fsp3) is 0.672. The van der Waals surface area contributed by atoms with Gasteiger partial charge in [0, 0.05) is 12.8 Å². The second-order valence-corrected chi connectivity index (χ2v) is 18.4. The summed E-state index contributed by atoms with van der Waals surface area (Å²) in [7, 11) is 5.90. The van der Waals surface area contributed by atoms with Gasteiger partial charge in [-0.15, -0.1) is 0 Å². The van der Waals surface area contributed by atoms with Crippen molar-refractivity contribution in [2.24, 2.45) is 0 Å². The third-order valence-corrected chi connectivity index (χ3v) is 10.8. The van der Waals surface area contributed by atoms with Crippen LogP contribution >= 0.6 is 0 Å². The molecule has 0 aromatic carbocycles. The van der Waals surface area contributed by atoms with E-state index in [0.29, 0.717) is 23.9 Å². The Kier molecular flexibility index (Phi) is 45.9. The van der Waals surface area contributed by atoms with E-state index in [4.69, 9.17) is 18.9 Å². The molecule has 0 aliphatic rings. The second kappa shape index (κ2) is 48.7. The number of aliphatic carboxylic acids is 1. The molecule has 0 rings (SSSR count). The smallest absolute Gasteiger partial charge is 0.306 e. The maximum Gasteiger partial charge on any atom is 0.306 e. The van der Waals surface area contributed by atoms with Crippen LogP contribution in [0.1, 0.15) is 194 Å². The Bertz CT molecular complexity index is 1420. The quantitative estimate of drug-likeness (QED) is 0.0195. The fourth-order valence-corrected chi connectivity index (χ4v) is 6.81. The third-order valence-electron chi connectivity index (χ3n) is 10.8. The standard InChI is InChI=1S/C58H97NO8/c1-6-8-10-12-14-16-18-20-22-23-24-25-26-27-28-29-30-31-32-33-35-37-39-41-43-45-47-49-56(61)67-54(53-66-58(57(62)63)64-51-50-59(3,4)5)52-65-55(60)48-46-44-42-40-38-36-34-21-19-17-15-13-11-9-7-2/h8-11,14-17,20-22,24-25,27-28,34,54,58H,6-7,12-13,18-19,23,26,29-33,35-53H2,1-5H3/b10-8-,11-9-,16-14-,17-15-,22-20-,25-24-,28-27-,34-21-. The second-order valence-electron chi connectivity index (χ2n) is 18.4. The third kappa shape index (κ3) is 49.9. The summed E-state index contributed by atoms with van der Waals surface area (Å²) in [6.45, 7) is 4.48. The largest absolute Gasteiger partial charge is 0.545 e. The minimum Gasteiger partial charge on any atom is -0.545 e. The number of hydrogen-bond donors (Lipinski definition) is 0. The van der Waals surface area contributed by atoms with Gasteiger partial charge in [0.05, 0.1) is 40.3 Å². The summed E-state index contributed by atoms with van der Waals surface area (Å²) in [5.41, 5.74) is 0. The molecule has 0 aromatic heterocycles. The lowest BCUT2D eigenvalue weighted by molar-refractivity contribution is -0.870. The molecule has 0 saturated carbocycles. The first kappa shape index (κ1) is 63.2. The van der Waals surface area contributed by atoms with Gasteiger partial charge >= 0.3 is 11.9 Å². The minimum atomic E-state index is -1.63. The van der Waals surface area contributed by atoms with E-state index in [1.807, 2.05) is 21.1 Å². The molecule has 0 radical (unpaired) electrons. The number of nitrogens with zero attached hydrogens (tertiary/aromatic N) is 1. The molecular weight excluding hydrogens is 839 g/mol. The summed E-state index contributed by atoms with van der Waals surface area (Å²) in [4.78, 5) is 37.2. The Labute approximate surface area is 410 Å². The van der Waals surface area contributed by atoms with Crippen LogP contribution in [-0.4, -0.2) is 82.3 Å². The van der Waals surface area contributed by atoms with E-state index in [2.05, 4.69) is 111 Å². The van der Waals surface area contributed by atoms with Crippen LogP contribution < -0.4 is 5.11 Å². The number of hydrogen-bond acceptors (Lipinski definition) is 8. The highest BCUT2D eigenvalue weighted by molar-refractivity contribution is 5.70. The molecule has 0 aromatic rings. The fourth-order valence-electron chi connectivity index (χ4n) is 6.81. The summed E-state index contributed by atoms with van der Waals surface area (Å²) >= 11 is 0. The summed E-state index contributed by atoms with van der Waals surface area (Å²) in [6, 6.07) is 0. The lowest BCUT2D eigenvalue weighted by Gasteiger charge is -2.26. The van der Waals surface area contributed by atoms with Crippen LogP contribution in [-0.2, 0) is 33.3 Å². The van der Waals surface area contributed by atoms with E-state index in [9.17, 15) is 19.5 Å². The van der Waals surface area contributed by atoms with Gasteiger partial charge in [0.2, 0.25) is 0 Å². The molecule has 0 spiro atoms. The van der Waals surface area contributed by atoms with Gasteiger partial charge < -0.3 is 33.3 Å². The van der Waals surface area contributed by atoms with Gasteiger partial charge in [-0.25, -0.2) is 0 Å². The van der Waals surface area contributed by atoms with E-state index in [1.165, 1.54) is 44.9 Å². The molecule has 382 valence electrons. The molecule has 9 nitrogen and oxygen atoms in total. The number of carbonyl (C=O) groups is 3. The normalized spacial score (nSPS) is 13.6. The lowest BCUT2D eigenvalue weighted by atomic mass is 10.0. The number of carbonyl (C=O) groups excluding carboxylic acids is 3. The number of carboxylic acids is 1. The van der Waals surface area contributed by atoms with Crippen molar-refractivity contribution in [3.63, 3.8) is 0 Å². The van der Waals surface area contributed by atoms with Crippen LogP contribution in [0.2, 0.25) is 0 Å². The molecule has 0 heterocycles. The van der Waals surface area contributed by atoms with Crippen LogP contribution in [0.5, 0.6) is 0 Å². The molecule has 0 aliphatic carbocycles. The highest BCUT2D eigenvalue weighted by atomic mass is 16.7. The molecule has 67 heavy (non-hydrogen) atoms. The Balaban J connectivity index is 4.30. The van der Waals surface area contributed by atoms with Crippen molar-refractivity contribution in [2.45, 2.75) is 206 Å². The van der Waals surface area contributed by atoms with Gasteiger partial charge in [0.1, 0.15) is 13.2 Å². The van der Waals surface area contributed by atoms with Crippen LogP contribution in [0, 0.1) is 0 Å². The molecule has 0 amide bonds. The van der Waals surface area contributed by atoms with Crippen molar-refractivity contribution in [2.75, 3.05) is 47.5 Å². The van der Waals surface area contributed by atoms with Crippen molar-refractivity contribution in [3.05, 3.63) is 97.2 Å². The molecule has 0 saturated heterocycles. The lowest BCUT2D eigenvalue weighted by Crippen LogP contribution is -2.44. The number of allylic oxidation sites excluding steroid dienone is 16. The number of carboxylic acid groups (broad SMARTS) is 1. The maximum atomic E-state index is 12.8. The molecule has 0 aliphatic heterocycles. The molecule has 9 heteroatoms. The molecule has 0 N–H and O–H groups in total. The topological polar surface area (TPSA) is 111 Å². The van der Waals surface area contributed by atoms with Gasteiger partial charge in [-0.3, -0.25) is 9.59 Å². The van der Waals surface area contributed by atoms with Crippen molar-refractivity contribution >= 4 is 17.9 Å². The number of likely N-dealkylation sites (N-methyl/N-ethyl adjacent to an activating group) is 1. The van der Waals surface area contributed by atoms with E-state index < -0.39 is 24.3 Å². The van der Waals surface area contributed by atoms with E-state index in [0.717, 1.165) is 109 Å². The molecular formula is C58H97NO8. The minimum absolute atomic E-state index is 0.139. The van der Waals surface area contributed by atoms with Crippen molar-refractivity contribution < 1.29 is 42.9 Å². The van der Waals surface area contributed by atoms with E-state index in [1.54, 1.807) is 0 Å². The van der Waals surface area contributed by atoms with E-state index >= 15 is 0 Å². The zero-order chi connectivity index (χ0) is 49.2. The molecule has 0 fully saturated rings. The first-order chi connectivity index (χ1) is 32.6. The summed E-state index contributed by atoms with van der Waals surface area (Å²) in [5.74, 6) is -2.32. The van der Waals surface area contributed by atoms with Gasteiger partial charge in [-0.1, -0.05) is 188 Å². The Morgan fingerprint density at radius 2 is 0.806 bits per heavy atom. The van der Waals surface area contributed by atoms with Crippen molar-refractivity contribution in [3.8, 4) is 0 Å². The number of ether oxygens (including phenoxy) is 4. The number of quaternary nitrogens is 1. The first-order valence-electron chi connectivity index (χ1n) is 26.4. The van der Waals surface area contributed by atoms with Gasteiger partial charge in [-0.2, -0.15) is 0 Å². The molecule has 2 unspecified atom stereocenters. The zero-order valence-electron chi connectivity index (χ0n) is 43.2. The van der Waals surface area contributed by atoms with Crippen molar-refractivity contribution in [1.82, 2.24) is 0 Å². The summed E-state index contributed by atoms with van der Waals surface area (Å²) < 4.78 is 22.6. The highest BCUT2D eigenvalue weighted by Crippen LogP contribution is 2.14. The number of esters is 2. The molecule has 0 bridgehead atoms. The number of rotatable bonds is 47. The number of unbranched alkanes of at least 4 members (excludes halogenated alkanes) is 16. The Morgan fingerprint density at radius 1 is 0.448 bits per heavy atom. The SMILES string of the molecule is CC/C=C\C/C=C\C/C=C\C/C=C\C/C=C\CCCCCCCCCCCCCC(=O)OC(COC(=O)CCCCCCC/C=C\C/C=C\C/C=C\CC)COC(OCC[N+](C)(C)C)C(=O)[O-]. The average Bonchev–Trinajstić information content (AvgIpc) is 3.29. The van der Waals surface area contributed by atoms with Crippen LogP contribution in [0.15, 0.2) is 97.2 Å². The maximum absolute atomic E-state index is 12.8. The van der Waals surface area contributed by atoms with Crippen LogP contribution in [0.25, 0.3) is 0 Å².